The van der Waals surface area contributed by atoms with E-state index < -0.39 is 22.8 Å². The van der Waals surface area contributed by atoms with Crippen LogP contribution in [-0.2, 0) is 23.6 Å². The number of ether oxygens (including phenoxy) is 1. The number of hydrogen-bond acceptors (Lipinski definition) is 5. The van der Waals surface area contributed by atoms with Gasteiger partial charge in [0.05, 0.1) is 25.0 Å². The molecule has 0 amide bonds. The van der Waals surface area contributed by atoms with Crippen molar-refractivity contribution in [2.75, 3.05) is 36.5 Å². The van der Waals surface area contributed by atoms with E-state index in [4.69, 9.17) is 4.74 Å². The monoisotopic (exact) mass is 411 g/mol. The number of hydrogen-bond donors (Lipinski definition) is 1. The summed E-state index contributed by atoms with van der Waals surface area (Å²) in [6.07, 6.45) is -8.47. The Morgan fingerprint density at radius 1 is 1.07 bits per heavy atom. The number of benzene rings is 1. The summed E-state index contributed by atoms with van der Waals surface area (Å²) in [4.78, 5) is 4.45. The number of thiazole rings is 1. The van der Waals surface area contributed by atoms with Crippen LogP contribution < -0.4 is 10.2 Å². The van der Waals surface area contributed by atoms with Crippen molar-refractivity contribution in [1.82, 2.24) is 4.98 Å². The zero-order chi connectivity index (χ0) is 19.7. The van der Waals surface area contributed by atoms with Crippen LogP contribution in [0.4, 0.5) is 37.2 Å². The minimum atomic E-state index is -4.58. The van der Waals surface area contributed by atoms with E-state index in [9.17, 15) is 26.3 Å². The highest BCUT2D eigenvalue weighted by Crippen LogP contribution is 2.37. The van der Waals surface area contributed by atoms with Crippen LogP contribution in [-0.4, -0.2) is 31.3 Å². The molecule has 0 unspecified atom stereocenters. The zero-order valence-electron chi connectivity index (χ0n) is 13.8. The van der Waals surface area contributed by atoms with E-state index in [2.05, 4.69) is 10.3 Å². The minimum Gasteiger partial charge on any atom is -0.378 e. The third-order valence-corrected chi connectivity index (χ3v) is 4.99. The number of nitrogens with one attached hydrogen (secondary N) is 1. The molecule has 0 radical (unpaired) electrons. The Labute approximate surface area is 154 Å². The summed E-state index contributed by atoms with van der Waals surface area (Å²) in [5.41, 5.74) is -0.460. The maximum absolute atomic E-state index is 13.4. The zero-order valence-corrected chi connectivity index (χ0v) is 14.6. The van der Waals surface area contributed by atoms with Gasteiger partial charge in [0.15, 0.2) is 5.13 Å². The molecule has 2 aromatic rings. The van der Waals surface area contributed by atoms with E-state index in [1.54, 1.807) is 11.0 Å². The lowest BCUT2D eigenvalue weighted by molar-refractivity contribution is -0.138. The van der Waals surface area contributed by atoms with Gasteiger partial charge in [0.2, 0.25) is 0 Å². The standard InChI is InChI=1S/C16H15F6N3OS/c17-15(18,19)12-7-11(25-3-5-26-6-4-25)2-1-10(12)8-23-14-24-9-13(27-14)16(20,21)22/h1-2,7,9H,3-6,8H2,(H,23,24). The number of rotatable bonds is 4. The van der Waals surface area contributed by atoms with Gasteiger partial charge in [-0.3, -0.25) is 0 Å². The number of aromatic nitrogens is 1. The molecule has 1 aromatic heterocycles. The predicted molar refractivity (Wildman–Crippen MR) is 88.9 cm³/mol. The van der Waals surface area contributed by atoms with Crippen molar-refractivity contribution < 1.29 is 31.1 Å². The Hall–Kier alpha value is -2.01. The van der Waals surface area contributed by atoms with Crippen molar-refractivity contribution in [1.29, 1.82) is 0 Å². The fourth-order valence-electron chi connectivity index (χ4n) is 2.66. The van der Waals surface area contributed by atoms with Crippen LogP contribution in [0.1, 0.15) is 16.0 Å². The summed E-state index contributed by atoms with van der Waals surface area (Å²) < 4.78 is 83.3. The van der Waals surface area contributed by atoms with Crippen molar-refractivity contribution in [3.8, 4) is 0 Å². The van der Waals surface area contributed by atoms with Crippen LogP contribution >= 0.6 is 11.3 Å². The van der Waals surface area contributed by atoms with E-state index in [0.29, 0.717) is 49.5 Å². The number of morpholine rings is 1. The largest absolute Gasteiger partial charge is 0.427 e. The lowest BCUT2D eigenvalue weighted by Gasteiger charge is -2.29. The van der Waals surface area contributed by atoms with Gasteiger partial charge in [-0.1, -0.05) is 17.4 Å². The summed E-state index contributed by atoms with van der Waals surface area (Å²) in [5.74, 6) is 0. The first-order chi connectivity index (χ1) is 12.6. The average molecular weight is 411 g/mol. The molecular formula is C16H15F6N3OS. The third-order valence-electron chi connectivity index (χ3n) is 3.99. The normalized spacial score (nSPS) is 15.9. The molecule has 1 N–H and O–H groups in total. The predicted octanol–water partition coefficient (Wildman–Crippen LogP) is 4.63. The van der Waals surface area contributed by atoms with Crippen LogP contribution in [0, 0.1) is 0 Å². The summed E-state index contributed by atoms with van der Waals surface area (Å²) in [6, 6.07) is 3.96. The fourth-order valence-corrected chi connectivity index (χ4v) is 3.34. The van der Waals surface area contributed by atoms with Gasteiger partial charge in [-0.2, -0.15) is 26.3 Å². The molecule has 1 aliphatic rings. The van der Waals surface area contributed by atoms with Gasteiger partial charge >= 0.3 is 12.4 Å². The Morgan fingerprint density at radius 3 is 2.37 bits per heavy atom. The highest BCUT2D eigenvalue weighted by Gasteiger charge is 2.35. The molecule has 148 valence electrons. The minimum absolute atomic E-state index is 0.0664. The molecule has 1 saturated heterocycles. The Balaban J connectivity index is 1.78. The van der Waals surface area contributed by atoms with Gasteiger partial charge in [0, 0.05) is 25.3 Å². The SMILES string of the molecule is FC(F)(F)c1cnc(NCc2ccc(N3CCOCC3)cc2C(F)(F)F)s1. The molecule has 1 fully saturated rings. The molecule has 2 heterocycles. The van der Waals surface area contributed by atoms with Crippen LogP contribution in [0.25, 0.3) is 0 Å². The van der Waals surface area contributed by atoms with Crippen LogP contribution in [0.2, 0.25) is 0 Å². The maximum atomic E-state index is 13.4. The molecule has 1 aliphatic heterocycles. The second kappa shape index (κ2) is 7.55. The molecule has 11 heteroatoms. The molecule has 0 saturated carbocycles. The van der Waals surface area contributed by atoms with E-state index >= 15 is 0 Å². The van der Waals surface area contributed by atoms with Crippen molar-refractivity contribution in [3.63, 3.8) is 0 Å². The van der Waals surface area contributed by atoms with E-state index in [-0.39, 0.29) is 17.2 Å². The summed E-state index contributed by atoms with van der Waals surface area (Å²) in [5, 5.41) is 2.45. The number of halogens is 6. The second-order valence-corrected chi connectivity index (χ2v) is 6.85. The Morgan fingerprint density at radius 2 is 1.78 bits per heavy atom. The highest BCUT2D eigenvalue weighted by atomic mass is 32.1. The van der Waals surface area contributed by atoms with E-state index in [0.717, 1.165) is 6.07 Å². The molecule has 3 rings (SSSR count). The first-order valence-corrected chi connectivity index (χ1v) is 8.76. The van der Waals surface area contributed by atoms with Gasteiger partial charge in [-0.05, 0) is 17.7 Å². The van der Waals surface area contributed by atoms with Gasteiger partial charge < -0.3 is 15.0 Å². The maximum Gasteiger partial charge on any atom is 0.427 e. The summed E-state index contributed by atoms with van der Waals surface area (Å²) in [7, 11) is 0. The Kier molecular flexibility index (Phi) is 5.52. The summed E-state index contributed by atoms with van der Waals surface area (Å²) >= 11 is 0.348. The average Bonchev–Trinajstić information content (AvgIpc) is 3.09. The Bertz CT molecular complexity index is 783. The van der Waals surface area contributed by atoms with E-state index in [1.165, 1.54) is 6.07 Å². The van der Waals surface area contributed by atoms with Crippen LogP contribution in [0.15, 0.2) is 24.4 Å². The highest BCUT2D eigenvalue weighted by molar-refractivity contribution is 7.15. The van der Waals surface area contributed by atoms with Crippen molar-refractivity contribution >= 4 is 22.2 Å². The first kappa shape index (κ1) is 19.7. The molecular weight excluding hydrogens is 396 g/mol. The second-order valence-electron chi connectivity index (χ2n) is 5.82. The fraction of sp³-hybridized carbons (Fsp3) is 0.438. The summed E-state index contributed by atoms with van der Waals surface area (Å²) in [6.45, 7) is 1.58. The molecule has 1 aromatic carbocycles. The smallest absolute Gasteiger partial charge is 0.378 e. The topological polar surface area (TPSA) is 37.4 Å². The quantitative estimate of drug-likeness (QED) is 0.745. The lowest BCUT2D eigenvalue weighted by atomic mass is 10.1. The molecule has 4 nitrogen and oxygen atoms in total. The first-order valence-electron chi connectivity index (χ1n) is 7.94. The number of anilines is 2. The third kappa shape index (κ3) is 4.83. The van der Waals surface area contributed by atoms with Crippen LogP contribution in [0.3, 0.4) is 0 Å². The van der Waals surface area contributed by atoms with Crippen molar-refractivity contribution in [2.24, 2.45) is 0 Å². The number of nitrogens with zero attached hydrogens (tertiary/aromatic N) is 2. The van der Waals surface area contributed by atoms with Gasteiger partial charge in [-0.15, -0.1) is 0 Å². The van der Waals surface area contributed by atoms with Crippen molar-refractivity contribution in [2.45, 2.75) is 18.9 Å². The molecule has 0 atom stereocenters. The van der Waals surface area contributed by atoms with Gasteiger partial charge in [-0.25, -0.2) is 4.98 Å². The van der Waals surface area contributed by atoms with Crippen molar-refractivity contribution in [3.05, 3.63) is 40.4 Å². The molecule has 27 heavy (non-hydrogen) atoms. The lowest BCUT2D eigenvalue weighted by Crippen LogP contribution is -2.36. The van der Waals surface area contributed by atoms with Gasteiger partial charge in [0.1, 0.15) is 4.88 Å². The molecule has 0 aliphatic carbocycles. The van der Waals surface area contributed by atoms with Crippen LogP contribution in [0.5, 0.6) is 0 Å². The van der Waals surface area contributed by atoms with Gasteiger partial charge in [0.25, 0.3) is 0 Å². The van der Waals surface area contributed by atoms with E-state index in [1.807, 2.05) is 0 Å². The number of alkyl halides is 6. The molecule has 0 spiro atoms. The molecule has 0 bridgehead atoms.